The van der Waals surface area contributed by atoms with Crippen LogP contribution in [0.1, 0.15) is 38.9 Å². The van der Waals surface area contributed by atoms with E-state index < -0.39 is 0 Å². The maximum absolute atomic E-state index is 14.0. The quantitative estimate of drug-likeness (QED) is 0.259. The van der Waals surface area contributed by atoms with Crippen molar-refractivity contribution in [2.45, 2.75) is 47.7 Å². The first kappa shape index (κ1) is 25.5. The number of fused-ring (bicyclic) bond motifs is 1. The molecule has 0 radical (unpaired) electrons. The first-order chi connectivity index (χ1) is 18.1. The Hall–Kier alpha value is -4.12. The van der Waals surface area contributed by atoms with Crippen LogP contribution in [0.5, 0.6) is 0 Å². The van der Waals surface area contributed by atoms with Gasteiger partial charge < -0.3 is 9.47 Å². The molecule has 0 fully saturated rings. The Morgan fingerprint density at radius 1 is 0.737 bits per heavy atom. The van der Waals surface area contributed by atoms with Gasteiger partial charge in [-0.05, 0) is 62.4 Å². The van der Waals surface area contributed by atoms with Gasteiger partial charge in [0.15, 0.2) is 0 Å². The molecular weight excluding hydrogens is 468 g/mol. The summed E-state index contributed by atoms with van der Waals surface area (Å²) in [5, 5.41) is 0.666. The summed E-state index contributed by atoms with van der Waals surface area (Å²) < 4.78 is 3.71. The monoisotopic (exact) mass is 504 g/mol. The summed E-state index contributed by atoms with van der Waals surface area (Å²) in [6.07, 6.45) is 2.05. The maximum atomic E-state index is 14.0. The van der Waals surface area contributed by atoms with Crippen LogP contribution in [0.3, 0.4) is 0 Å². The van der Waals surface area contributed by atoms with Crippen molar-refractivity contribution in [3.63, 3.8) is 0 Å². The number of aromatic nitrogens is 3. The van der Waals surface area contributed by atoms with Crippen LogP contribution < -0.4 is 10.5 Å². The van der Waals surface area contributed by atoms with Crippen molar-refractivity contribution < 1.29 is 0 Å². The smallest absolute Gasteiger partial charge is 0.264 e. The minimum atomic E-state index is -0.0298. The Morgan fingerprint density at radius 2 is 1.24 bits per heavy atom. The third kappa shape index (κ3) is 4.76. The highest BCUT2D eigenvalue weighted by molar-refractivity contribution is 5.95. The molecule has 0 aliphatic carbocycles. The summed E-state index contributed by atoms with van der Waals surface area (Å²) in [5.41, 5.74) is 11.1. The standard InChI is InChI=1S/C33H36N4O/c1-21-8-12-26(13-9-21)18-37(19-27-14-10-22(2)11-15-27)33-34-31-30(32(38)36(33)7)28(20-35(31)6)29-24(4)16-23(3)17-25(29)5/h8-17,20H,18-19H2,1-7H3. The van der Waals surface area contributed by atoms with Crippen LogP contribution in [0.15, 0.2) is 71.7 Å². The SMILES string of the molecule is Cc1ccc(CN(Cc2ccc(C)cc2)c2nc3c(c(-c4c(C)cc(C)cc4C)cn3C)c(=O)n2C)cc1. The minimum absolute atomic E-state index is 0.0298. The van der Waals surface area contributed by atoms with Crippen LogP contribution in [-0.4, -0.2) is 14.1 Å². The van der Waals surface area contributed by atoms with Crippen molar-refractivity contribution in [3.05, 3.63) is 116 Å². The average molecular weight is 505 g/mol. The summed E-state index contributed by atoms with van der Waals surface area (Å²) in [7, 11) is 3.82. The summed E-state index contributed by atoms with van der Waals surface area (Å²) in [5.74, 6) is 0.661. The van der Waals surface area contributed by atoms with E-state index in [0.29, 0.717) is 30.1 Å². The molecule has 0 saturated heterocycles. The van der Waals surface area contributed by atoms with Crippen LogP contribution in [-0.2, 0) is 27.2 Å². The molecule has 3 aromatic carbocycles. The zero-order chi connectivity index (χ0) is 27.1. The fourth-order valence-electron chi connectivity index (χ4n) is 5.49. The number of nitrogens with zero attached hydrogens (tertiary/aromatic N) is 4. The van der Waals surface area contributed by atoms with Gasteiger partial charge in [0.25, 0.3) is 5.56 Å². The fraction of sp³-hybridized carbons (Fsp3) is 0.273. The largest absolute Gasteiger partial charge is 0.335 e. The lowest BCUT2D eigenvalue weighted by Gasteiger charge is -2.26. The Balaban J connectivity index is 1.67. The third-order valence-electron chi connectivity index (χ3n) is 7.39. The molecule has 2 heterocycles. The van der Waals surface area contributed by atoms with E-state index in [1.54, 1.807) is 4.57 Å². The number of hydrogen-bond acceptors (Lipinski definition) is 3. The maximum Gasteiger partial charge on any atom is 0.264 e. The van der Waals surface area contributed by atoms with Gasteiger partial charge in [-0.3, -0.25) is 9.36 Å². The predicted octanol–water partition coefficient (Wildman–Crippen LogP) is 6.69. The van der Waals surface area contributed by atoms with Gasteiger partial charge in [-0.15, -0.1) is 0 Å². The summed E-state index contributed by atoms with van der Waals surface area (Å²) in [4.78, 5) is 21.4. The van der Waals surface area contributed by atoms with Crippen molar-refractivity contribution in [1.29, 1.82) is 0 Å². The molecule has 194 valence electrons. The molecule has 0 spiro atoms. The zero-order valence-corrected chi connectivity index (χ0v) is 23.5. The third-order valence-corrected chi connectivity index (χ3v) is 7.39. The van der Waals surface area contributed by atoms with Gasteiger partial charge in [0, 0.05) is 38.9 Å². The lowest BCUT2D eigenvalue weighted by atomic mass is 9.94. The Kier molecular flexibility index (Phi) is 6.70. The second kappa shape index (κ2) is 9.97. The first-order valence-electron chi connectivity index (χ1n) is 13.1. The molecule has 0 aliphatic rings. The Labute approximate surface area is 225 Å². The molecule has 5 aromatic rings. The van der Waals surface area contributed by atoms with Crippen molar-refractivity contribution in [3.8, 4) is 11.1 Å². The number of hydrogen-bond donors (Lipinski definition) is 0. The molecule has 5 nitrogen and oxygen atoms in total. The van der Waals surface area contributed by atoms with Crippen molar-refractivity contribution in [2.24, 2.45) is 14.1 Å². The molecule has 38 heavy (non-hydrogen) atoms. The summed E-state index contributed by atoms with van der Waals surface area (Å²) in [6.45, 7) is 11.8. The molecule has 0 bridgehead atoms. The topological polar surface area (TPSA) is 43.1 Å². The first-order valence-corrected chi connectivity index (χ1v) is 13.1. The Morgan fingerprint density at radius 3 is 1.74 bits per heavy atom. The van der Waals surface area contributed by atoms with Gasteiger partial charge in [0.1, 0.15) is 5.65 Å². The zero-order valence-electron chi connectivity index (χ0n) is 23.5. The van der Waals surface area contributed by atoms with Crippen LogP contribution in [0.2, 0.25) is 0 Å². The number of rotatable bonds is 6. The van der Waals surface area contributed by atoms with Gasteiger partial charge in [-0.1, -0.05) is 77.4 Å². The number of anilines is 1. The van der Waals surface area contributed by atoms with Gasteiger partial charge in [-0.2, -0.15) is 4.98 Å². The second-order valence-electron chi connectivity index (χ2n) is 10.7. The molecule has 0 unspecified atom stereocenters. The molecule has 2 aromatic heterocycles. The highest BCUT2D eigenvalue weighted by Crippen LogP contribution is 2.34. The van der Waals surface area contributed by atoms with Gasteiger partial charge in [0.05, 0.1) is 5.39 Å². The van der Waals surface area contributed by atoms with E-state index in [1.165, 1.54) is 38.9 Å². The molecule has 0 saturated carbocycles. The molecule has 0 N–H and O–H groups in total. The van der Waals surface area contributed by atoms with Crippen LogP contribution in [0, 0.1) is 34.6 Å². The molecule has 5 heteroatoms. The highest BCUT2D eigenvalue weighted by Gasteiger charge is 2.22. The Bertz CT molecular complexity index is 1620. The van der Waals surface area contributed by atoms with E-state index in [1.807, 2.05) is 18.7 Å². The second-order valence-corrected chi connectivity index (χ2v) is 10.7. The molecular formula is C33H36N4O. The predicted molar refractivity (Wildman–Crippen MR) is 158 cm³/mol. The van der Waals surface area contributed by atoms with Crippen molar-refractivity contribution in [1.82, 2.24) is 14.1 Å². The summed E-state index contributed by atoms with van der Waals surface area (Å²) in [6, 6.07) is 21.5. The van der Waals surface area contributed by atoms with Crippen LogP contribution in [0.25, 0.3) is 22.2 Å². The van der Waals surface area contributed by atoms with Gasteiger partial charge in [0.2, 0.25) is 5.95 Å². The van der Waals surface area contributed by atoms with E-state index in [4.69, 9.17) is 4.98 Å². The van der Waals surface area contributed by atoms with Gasteiger partial charge >= 0.3 is 0 Å². The molecule has 0 aliphatic heterocycles. The van der Waals surface area contributed by atoms with Crippen LogP contribution in [0.4, 0.5) is 5.95 Å². The normalized spacial score (nSPS) is 11.3. The molecule has 5 rings (SSSR count). The number of benzene rings is 3. The number of aryl methyl sites for hydroxylation is 6. The van der Waals surface area contributed by atoms with E-state index in [9.17, 15) is 4.79 Å². The van der Waals surface area contributed by atoms with E-state index in [2.05, 4.69) is 106 Å². The summed E-state index contributed by atoms with van der Waals surface area (Å²) >= 11 is 0. The van der Waals surface area contributed by atoms with Crippen molar-refractivity contribution >= 4 is 17.0 Å². The van der Waals surface area contributed by atoms with E-state index in [0.717, 1.165) is 11.1 Å². The fourth-order valence-corrected chi connectivity index (χ4v) is 5.49. The van der Waals surface area contributed by atoms with Crippen molar-refractivity contribution in [2.75, 3.05) is 4.90 Å². The minimum Gasteiger partial charge on any atom is -0.335 e. The lowest BCUT2D eigenvalue weighted by molar-refractivity contribution is 0.706. The molecule has 0 amide bonds. The van der Waals surface area contributed by atoms with E-state index >= 15 is 0 Å². The molecule has 0 atom stereocenters. The lowest BCUT2D eigenvalue weighted by Crippen LogP contribution is -2.31. The van der Waals surface area contributed by atoms with E-state index in [-0.39, 0.29) is 5.56 Å². The average Bonchev–Trinajstić information content (AvgIpc) is 3.18. The van der Waals surface area contributed by atoms with Crippen LogP contribution >= 0.6 is 0 Å². The highest BCUT2D eigenvalue weighted by atomic mass is 16.1. The van der Waals surface area contributed by atoms with Gasteiger partial charge in [-0.25, -0.2) is 0 Å².